The quantitative estimate of drug-likeness (QED) is 0.671. The third-order valence-corrected chi connectivity index (χ3v) is 3.77. The molecule has 2 rings (SSSR count). The maximum atomic E-state index is 12.4. The van der Waals surface area contributed by atoms with Crippen LogP contribution in [0.2, 0.25) is 5.02 Å². The van der Waals surface area contributed by atoms with E-state index >= 15 is 0 Å². The number of hydrogen-bond donors (Lipinski definition) is 1. The van der Waals surface area contributed by atoms with Crippen LogP contribution in [0.25, 0.3) is 0 Å². The summed E-state index contributed by atoms with van der Waals surface area (Å²) in [5.74, 6) is -1.40. The fraction of sp³-hybridized carbons (Fsp3) is 0.400. The minimum absolute atomic E-state index is 0.232. The number of nitrogens with one attached hydrogen (secondary N) is 1. The summed E-state index contributed by atoms with van der Waals surface area (Å²) in [5.41, 5.74) is 1.63. The van der Waals surface area contributed by atoms with Crippen LogP contribution in [0.1, 0.15) is 18.4 Å². The number of ether oxygens (including phenoxy) is 1. The fourth-order valence-corrected chi connectivity index (χ4v) is 2.67. The van der Waals surface area contributed by atoms with E-state index in [1.54, 1.807) is 17.0 Å². The van der Waals surface area contributed by atoms with Crippen LogP contribution in [0, 0.1) is 6.92 Å². The van der Waals surface area contributed by atoms with E-state index in [2.05, 4.69) is 10.1 Å². The number of amides is 2. The van der Waals surface area contributed by atoms with Gasteiger partial charge in [0.15, 0.2) is 0 Å². The Kier molecular flexibility index (Phi) is 5.03. The van der Waals surface area contributed by atoms with Crippen LogP contribution in [-0.2, 0) is 19.1 Å². The Balaban J connectivity index is 2.03. The number of nitrogens with zero attached hydrogens (tertiary/aromatic N) is 1. The Hall–Kier alpha value is -2.08. The first-order valence-corrected chi connectivity index (χ1v) is 7.24. The monoisotopic (exact) mass is 324 g/mol. The predicted molar refractivity (Wildman–Crippen MR) is 81.7 cm³/mol. The molecule has 0 bridgehead atoms. The average Bonchev–Trinajstić information content (AvgIpc) is 2.80. The van der Waals surface area contributed by atoms with Crippen LogP contribution >= 0.6 is 11.6 Å². The van der Waals surface area contributed by atoms with Gasteiger partial charge < -0.3 is 15.0 Å². The van der Waals surface area contributed by atoms with Gasteiger partial charge >= 0.3 is 5.97 Å². The molecule has 22 heavy (non-hydrogen) atoms. The maximum Gasteiger partial charge on any atom is 0.315 e. The molecule has 0 aliphatic carbocycles. The number of benzene rings is 1. The van der Waals surface area contributed by atoms with Gasteiger partial charge in [0, 0.05) is 6.54 Å². The molecular formula is C15H17ClN2O4. The Bertz CT molecular complexity index is 618. The predicted octanol–water partition coefficient (Wildman–Crippen LogP) is 1.43. The molecule has 2 amide bonds. The van der Waals surface area contributed by atoms with Crippen molar-refractivity contribution in [2.24, 2.45) is 0 Å². The largest absolute Gasteiger partial charge is 0.469 e. The number of rotatable bonds is 4. The Labute approximate surface area is 133 Å². The van der Waals surface area contributed by atoms with Gasteiger partial charge in [0.05, 0.1) is 17.8 Å². The summed E-state index contributed by atoms with van der Waals surface area (Å²) in [6, 6.07) is 4.80. The Morgan fingerprint density at radius 1 is 1.45 bits per heavy atom. The van der Waals surface area contributed by atoms with Crippen molar-refractivity contribution in [3.63, 3.8) is 0 Å². The van der Waals surface area contributed by atoms with E-state index in [0.717, 1.165) is 5.56 Å². The smallest absolute Gasteiger partial charge is 0.315 e. The van der Waals surface area contributed by atoms with Crippen molar-refractivity contribution in [2.45, 2.75) is 25.8 Å². The molecule has 1 aliphatic heterocycles. The minimum atomic E-state index is -0.644. The van der Waals surface area contributed by atoms with E-state index in [4.69, 9.17) is 11.6 Å². The molecule has 0 saturated carbocycles. The summed E-state index contributed by atoms with van der Waals surface area (Å²) in [6.07, 6.45) is 0.0710. The number of hydrogen-bond acceptors (Lipinski definition) is 4. The lowest BCUT2D eigenvalue weighted by atomic mass is 10.2. The number of methoxy groups -OCH3 is 1. The molecule has 0 radical (unpaired) electrons. The van der Waals surface area contributed by atoms with Gasteiger partial charge in [0.2, 0.25) is 11.8 Å². The van der Waals surface area contributed by atoms with E-state index in [1.807, 2.05) is 13.0 Å². The van der Waals surface area contributed by atoms with E-state index in [-0.39, 0.29) is 5.91 Å². The van der Waals surface area contributed by atoms with Gasteiger partial charge in [-0.15, -0.1) is 0 Å². The molecule has 0 spiro atoms. The molecule has 6 nitrogen and oxygen atoms in total. The summed E-state index contributed by atoms with van der Waals surface area (Å²) in [7, 11) is 1.21. The second-order valence-electron chi connectivity index (χ2n) is 5.11. The second kappa shape index (κ2) is 6.79. The zero-order valence-electron chi connectivity index (χ0n) is 12.4. The molecule has 0 aromatic heterocycles. The summed E-state index contributed by atoms with van der Waals surface area (Å²) in [6.45, 7) is 2.38. The van der Waals surface area contributed by atoms with Gasteiger partial charge in [-0.1, -0.05) is 17.7 Å². The normalized spacial score (nSPS) is 17.5. The van der Waals surface area contributed by atoms with Crippen molar-refractivity contribution in [3.05, 3.63) is 28.8 Å². The van der Waals surface area contributed by atoms with Gasteiger partial charge in [0.1, 0.15) is 12.5 Å². The molecule has 1 unspecified atom stereocenters. The SMILES string of the molecule is COC(=O)CC(=O)NC1CCN(c2ccc(C)cc2Cl)C1=O. The van der Waals surface area contributed by atoms with Crippen molar-refractivity contribution in [3.8, 4) is 0 Å². The molecule has 1 aromatic carbocycles. The Morgan fingerprint density at radius 3 is 2.82 bits per heavy atom. The second-order valence-corrected chi connectivity index (χ2v) is 5.51. The molecule has 1 N–H and O–H groups in total. The summed E-state index contributed by atoms with van der Waals surface area (Å²) in [4.78, 5) is 36.6. The van der Waals surface area contributed by atoms with Crippen LogP contribution < -0.4 is 10.2 Å². The van der Waals surface area contributed by atoms with Crippen molar-refractivity contribution >= 4 is 35.1 Å². The number of aryl methyl sites for hydroxylation is 1. The molecular weight excluding hydrogens is 308 g/mol. The highest BCUT2D eigenvalue weighted by Crippen LogP contribution is 2.30. The minimum Gasteiger partial charge on any atom is -0.469 e. The number of esters is 1. The van der Waals surface area contributed by atoms with Crippen LogP contribution in [-0.4, -0.2) is 37.5 Å². The lowest BCUT2D eigenvalue weighted by Crippen LogP contribution is -2.42. The fourth-order valence-electron chi connectivity index (χ4n) is 2.33. The molecule has 1 atom stereocenters. The van der Waals surface area contributed by atoms with Crippen LogP contribution in [0.3, 0.4) is 0 Å². The van der Waals surface area contributed by atoms with Crippen LogP contribution in [0.4, 0.5) is 5.69 Å². The van der Waals surface area contributed by atoms with Crippen LogP contribution in [0.5, 0.6) is 0 Å². The Morgan fingerprint density at radius 2 is 2.18 bits per heavy atom. The summed E-state index contributed by atoms with van der Waals surface area (Å²) in [5, 5.41) is 3.05. The molecule has 7 heteroatoms. The van der Waals surface area contributed by atoms with Gasteiger partial charge in [-0.25, -0.2) is 0 Å². The third kappa shape index (κ3) is 3.57. The number of carbonyl (C=O) groups is 3. The van der Waals surface area contributed by atoms with Crippen molar-refractivity contribution < 1.29 is 19.1 Å². The van der Waals surface area contributed by atoms with E-state index in [1.165, 1.54) is 7.11 Å². The van der Waals surface area contributed by atoms with E-state index in [0.29, 0.717) is 23.7 Å². The highest BCUT2D eigenvalue weighted by Gasteiger charge is 2.34. The third-order valence-electron chi connectivity index (χ3n) is 3.47. The highest BCUT2D eigenvalue weighted by molar-refractivity contribution is 6.34. The van der Waals surface area contributed by atoms with E-state index in [9.17, 15) is 14.4 Å². The molecule has 1 aromatic rings. The molecule has 1 fully saturated rings. The van der Waals surface area contributed by atoms with Crippen molar-refractivity contribution in [1.29, 1.82) is 0 Å². The summed E-state index contributed by atoms with van der Waals surface area (Å²) >= 11 is 6.17. The van der Waals surface area contributed by atoms with E-state index < -0.39 is 24.3 Å². The highest BCUT2D eigenvalue weighted by atomic mass is 35.5. The van der Waals surface area contributed by atoms with Gasteiger partial charge in [-0.3, -0.25) is 14.4 Å². The maximum absolute atomic E-state index is 12.4. The average molecular weight is 325 g/mol. The number of halogens is 1. The van der Waals surface area contributed by atoms with Gasteiger partial charge in [0.25, 0.3) is 0 Å². The number of carbonyl (C=O) groups excluding carboxylic acids is 3. The topological polar surface area (TPSA) is 75.7 Å². The standard InChI is InChI=1S/C15H17ClN2O4/c1-9-3-4-12(10(16)7-9)18-6-5-11(15(18)21)17-13(19)8-14(20)22-2/h3-4,7,11H,5-6,8H2,1-2H3,(H,17,19). The van der Waals surface area contributed by atoms with Crippen molar-refractivity contribution in [2.75, 3.05) is 18.6 Å². The first kappa shape index (κ1) is 16.3. The zero-order valence-corrected chi connectivity index (χ0v) is 13.1. The van der Waals surface area contributed by atoms with Crippen molar-refractivity contribution in [1.82, 2.24) is 5.32 Å². The lowest BCUT2D eigenvalue weighted by molar-refractivity contribution is -0.144. The van der Waals surface area contributed by atoms with Gasteiger partial charge in [-0.2, -0.15) is 0 Å². The molecule has 1 heterocycles. The first-order chi connectivity index (χ1) is 10.4. The number of anilines is 1. The first-order valence-electron chi connectivity index (χ1n) is 6.86. The summed E-state index contributed by atoms with van der Waals surface area (Å²) < 4.78 is 4.42. The molecule has 118 valence electrons. The zero-order chi connectivity index (χ0) is 16.3. The molecule has 1 aliphatic rings. The van der Waals surface area contributed by atoms with Gasteiger partial charge in [-0.05, 0) is 31.0 Å². The lowest BCUT2D eigenvalue weighted by Gasteiger charge is -2.19. The molecule has 1 saturated heterocycles. The van der Waals surface area contributed by atoms with Crippen LogP contribution in [0.15, 0.2) is 18.2 Å².